The lowest BCUT2D eigenvalue weighted by Gasteiger charge is -2.10. The van der Waals surface area contributed by atoms with Crippen molar-refractivity contribution in [1.29, 1.82) is 0 Å². The second kappa shape index (κ2) is 7.43. The zero-order valence-electron chi connectivity index (χ0n) is 12.3. The Morgan fingerprint density at radius 1 is 1.33 bits per heavy atom. The van der Waals surface area contributed by atoms with E-state index < -0.39 is 5.91 Å². The molecule has 2 aromatic rings. The summed E-state index contributed by atoms with van der Waals surface area (Å²) in [5.74, 6) is 0.196. The maximum absolute atomic E-state index is 11.8. The molecule has 4 heteroatoms. The molecule has 0 bridgehead atoms. The third-order valence-electron chi connectivity index (χ3n) is 3.42. The van der Waals surface area contributed by atoms with Crippen molar-refractivity contribution in [2.45, 2.75) is 32.6 Å². The number of primary amides is 1. The maximum atomic E-state index is 11.8. The number of rotatable bonds is 7. The number of nitrogens with one attached hydrogen (secondary N) is 1. The van der Waals surface area contributed by atoms with Crippen LogP contribution in [0.3, 0.4) is 0 Å². The van der Waals surface area contributed by atoms with Gasteiger partial charge in [0.05, 0.1) is 5.57 Å². The SMILES string of the molecule is CCCCCc1ccccc1C(=Cc1ncc[nH]1)C(N)=O. The topological polar surface area (TPSA) is 71.8 Å². The molecule has 21 heavy (non-hydrogen) atoms. The monoisotopic (exact) mass is 283 g/mol. The Labute approximate surface area is 125 Å². The molecule has 0 spiro atoms. The number of hydrogen-bond donors (Lipinski definition) is 2. The summed E-state index contributed by atoms with van der Waals surface area (Å²) in [5, 5.41) is 0. The Morgan fingerprint density at radius 3 is 2.81 bits per heavy atom. The van der Waals surface area contributed by atoms with Crippen LogP contribution in [-0.4, -0.2) is 15.9 Å². The smallest absolute Gasteiger partial charge is 0.249 e. The zero-order valence-corrected chi connectivity index (χ0v) is 12.3. The Bertz CT molecular complexity index is 615. The Kier molecular flexibility index (Phi) is 5.32. The van der Waals surface area contributed by atoms with Gasteiger partial charge in [0, 0.05) is 12.4 Å². The number of aromatic amines is 1. The molecule has 0 aliphatic rings. The first-order valence-electron chi connectivity index (χ1n) is 7.31. The number of aryl methyl sites for hydroxylation is 1. The van der Waals surface area contributed by atoms with Crippen molar-refractivity contribution in [2.75, 3.05) is 0 Å². The highest BCUT2D eigenvalue weighted by Crippen LogP contribution is 2.22. The van der Waals surface area contributed by atoms with Crippen LogP contribution in [0.4, 0.5) is 0 Å². The second-order valence-corrected chi connectivity index (χ2v) is 5.01. The Hall–Kier alpha value is -2.36. The number of benzene rings is 1. The molecule has 4 nitrogen and oxygen atoms in total. The van der Waals surface area contributed by atoms with Crippen LogP contribution in [0.15, 0.2) is 36.7 Å². The molecule has 0 saturated carbocycles. The lowest BCUT2D eigenvalue weighted by Crippen LogP contribution is -2.14. The molecule has 0 atom stereocenters. The molecule has 1 aromatic heterocycles. The van der Waals surface area contributed by atoms with Gasteiger partial charge >= 0.3 is 0 Å². The summed E-state index contributed by atoms with van der Waals surface area (Å²) in [6.07, 6.45) is 9.50. The summed E-state index contributed by atoms with van der Waals surface area (Å²) < 4.78 is 0. The van der Waals surface area contributed by atoms with Crippen molar-refractivity contribution in [3.8, 4) is 0 Å². The first-order valence-corrected chi connectivity index (χ1v) is 7.31. The predicted molar refractivity (Wildman–Crippen MR) is 85.3 cm³/mol. The van der Waals surface area contributed by atoms with Crippen molar-refractivity contribution in [1.82, 2.24) is 9.97 Å². The largest absolute Gasteiger partial charge is 0.366 e. The van der Waals surface area contributed by atoms with Crippen LogP contribution < -0.4 is 5.73 Å². The van der Waals surface area contributed by atoms with Gasteiger partial charge in [-0.15, -0.1) is 0 Å². The van der Waals surface area contributed by atoms with Crippen LogP contribution in [0.25, 0.3) is 11.6 Å². The fourth-order valence-corrected chi connectivity index (χ4v) is 2.34. The average Bonchev–Trinajstić information content (AvgIpc) is 2.98. The maximum Gasteiger partial charge on any atom is 0.249 e. The van der Waals surface area contributed by atoms with Crippen LogP contribution in [0.5, 0.6) is 0 Å². The van der Waals surface area contributed by atoms with Crippen LogP contribution >= 0.6 is 0 Å². The van der Waals surface area contributed by atoms with Crippen molar-refractivity contribution in [3.63, 3.8) is 0 Å². The number of carbonyl (C=O) groups excluding carboxylic acids is 1. The number of aromatic nitrogens is 2. The van der Waals surface area contributed by atoms with E-state index in [0.717, 1.165) is 24.0 Å². The second-order valence-electron chi connectivity index (χ2n) is 5.01. The summed E-state index contributed by atoms with van der Waals surface area (Å²) >= 11 is 0. The number of carbonyl (C=O) groups is 1. The van der Waals surface area contributed by atoms with E-state index in [2.05, 4.69) is 23.0 Å². The fraction of sp³-hybridized carbons (Fsp3) is 0.294. The molecule has 3 N–H and O–H groups in total. The first-order chi connectivity index (χ1) is 10.2. The number of nitrogens with zero attached hydrogens (tertiary/aromatic N) is 1. The van der Waals surface area contributed by atoms with Crippen molar-refractivity contribution in [3.05, 3.63) is 53.6 Å². The summed E-state index contributed by atoms with van der Waals surface area (Å²) in [5.41, 5.74) is 8.11. The molecule has 0 aliphatic carbocycles. The third-order valence-corrected chi connectivity index (χ3v) is 3.42. The standard InChI is InChI=1S/C17H21N3O/c1-2-3-4-7-13-8-5-6-9-14(13)15(17(18)21)12-16-19-10-11-20-16/h5-6,8-12H,2-4,7H2,1H3,(H2,18,21)(H,19,20). The highest BCUT2D eigenvalue weighted by Gasteiger charge is 2.13. The van der Waals surface area contributed by atoms with E-state index in [1.54, 1.807) is 18.5 Å². The molecular weight excluding hydrogens is 262 g/mol. The molecule has 1 amide bonds. The van der Waals surface area contributed by atoms with E-state index in [0.29, 0.717) is 11.4 Å². The van der Waals surface area contributed by atoms with Crippen LogP contribution in [0.2, 0.25) is 0 Å². The van der Waals surface area contributed by atoms with Gasteiger partial charge in [-0.05, 0) is 30.0 Å². The zero-order chi connectivity index (χ0) is 15.1. The minimum Gasteiger partial charge on any atom is -0.366 e. The molecule has 1 heterocycles. The van der Waals surface area contributed by atoms with Crippen molar-refractivity contribution in [2.24, 2.45) is 5.73 Å². The summed E-state index contributed by atoms with van der Waals surface area (Å²) in [7, 11) is 0. The highest BCUT2D eigenvalue weighted by molar-refractivity contribution is 6.23. The summed E-state index contributed by atoms with van der Waals surface area (Å²) in [6.45, 7) is 2.18. The van der Waals surface area contributed by atoms with Crippen LogP contribution in [0.1, 0.15) is 43.1 Å². The van der Waals surface area contributed by atoms with Crippen LogP contribution in [-0.2, 0) is 11.2 Å². The minimum atomic E-state index is -0.436. The number of nitrogens with two attached hydrogens (primary N) is 1. The fourth-order valence-electron chi connectivity index (χ4n) is 2.34. The molecule has 110 valence electrons. The molecule has 0 radical (unpaired) electrons. The molecule has 0 fully saturated rings. The van der Waals surface area contributed by atoms with E-state index in [4.69, 9.17) is 5.73 Å². The number of imidazole rings is 1. The molecule has 0 unspecified atom stereocenters. The van der Waals surface area contributed by atoms with Crippen molar-refractivity contribution < 1.29 is 4.79 Å². The Balaban J connectivity index is 2.34. The third kappa shape index (κ3) is 4.05. The quantitative estimate of drug-likeness (QED) is 0.605. The van der Waals surface area contributed by atoms with Gasteiger partial charge in [-0.2, -0.15) is 0 Å². The highest BCUT2D eigenvalue weighted by atomic mass is 16.1. The van der Waals surface area contributed by atoms with E-state index in [-0.39, 0.29) is 0 Å². The van der Waals surface area contributed by atoms with E-state index in [9.17, 15) is 4.79 Å². The van der Waals surface area contributed by atoms with Gasteiger partial charge in [-0.3, -0.25) is 4.79 Å². The summed E-state index contributed by atoms with van der Waals surface area (Å²) in [6, 6.07) is 7.93. The predicted octanol–water partition coefficient (Wildman–Crippen LogP) is 3.17. The number of H-pyrrole nitrogens is 1. The first kappa shape index (κ1) is 15.0. The lowest BCUT2D eigenvalue weighted by atomic mass is 9.95. The normalized spacial score (nSPS) is 11.6. The van der Waals surface area contributed by atoms with Gasteiger partial charge in [-0.25, -0.2) is 4.98 Å². The number of amides is 1. The van der Waals surface area contributed by atoms with Crippen LogP contribution in [0, 0.1) is 0 Å². The molecule has 0 aliphatic heterocycles. The molecule has 2 rings (SSSR count). The minimum absolute atomic E-state index is 0.436. The van der Waals surface area contributed by atoms with Gasteiger partial charge in [0.2, 0.25) is 5.91 Å². The van der Waals surface area contributed by atoms with E-state index >= 15 is 0 Å². The van der Waals surface area contributed by atoms with Gasteiger partial charge in [0.25, 0.3) is 0 Å². The number of hydrogen-bond acceptors (Lipinski definition) is 2. The molecular formula is C17H21N3O. The van der Waals surface area contributed by atoms with Gasteiger partial charge in [0.15, 0.2) is 0 Å². The summed E-state index contributed by atoms with van der Waals surface area (Å²) in [4.78, 5) is 18.9. The van der Waals surface area contributed by atoms with E-state index in [1.165, 1.54) is 12.8 Å². The molecule has 0 saturated heterocycles. The molecule has 1 aromatic carbocycles. The van der Waals surface area contributed by atoms with Crippen molar-refractivity contribution >= 4 is 17.6 Å². The number of unbranched alkanes of at least 4 members (excludes halogenated alkanes) is 2. The average molecular weight is 283 g/mol. The Morgan fingerprint density at radius 2 is 2.14 bits per heavy atom. The van der Waals surface area contributed by atoms with Gasteiger partial charge in [-0.1, -0.05) is 44.0 Å². The van der Waals surface area contributed by atoms with Gasteiger partial charge < -0.3 is 10.7 Å². The van der Waals surface area contributed by atoms with Gasteiger partial charge in [0.1, 0.15) is 5.82 Å². The van der Waals surface area contributed by atoms with E-state index in [1.807, 2.05) is 18.2 Å². The lowest BCUT2D eigenvalue weighted by molar-refractivity contribution is -0.112.